The predicted molar refractivity (Wildman–Crippen MR) is 85.1 cm³/mol. The highest BCUT2D eigenvalue weighted by Gasteiger charge is 2.22. The molecule has 0 bridgehead atoms. The Morgan fingerprint density at radius 3 is 2.86 bits per heavy atom. The SMILES string of the molecule is NC(CC1CCCc2ccccc21)c1ccc(Cl)c(F)c1. The molecule has 21 heavy (non-hydrogen) atoms. The number of benzene rings is 2. The van der Waals surface area contributed by atoms with Gasteiger partial charge in [-0.3, -0.25) is 0 Å². The van der Waals surface area contributed by atoms with Crippen molar-refractivity contribution in [3.63, 3.8) is 0 Å². The van der Waals surface area contributed by atoms with Gasteiger partial charge in [0.15, 0.2) is 0 Å². The van der Waals surface area contributed by atoms with E-state index in [9.17, 15) is 4.39 Å². The van der Waals surface area contributed by atoms with E-state index in [0.29, 0.717) is 5.92 Å². The van der Waals surface area contributed by atoms with Crippen LogP contribution >= 0.6 is 11.6 Å². The molecule has 0 saturated carbocycles. The smallest absolute Gasteiger partial charge is 0.142 e. The minimum atomic E-state index is -0.395. The molecular formula is C18H19ClFN. The number of hydrogen-bond donors (Lipinski definition) is 1. The van der Waals surface area contributed by atoms with Crippen LogP contribution in [0.1, 0.15) is 47.9 Å². The van der Waals surface area contributed by atoms with E-state index in [0.717, 1.165) is 24.8 Å². The summed E-state index contributed by atoms with van der Waals surface area (Å²) in [5.74, 6) is 0.0670. The standard InChI is InChI=1S/C18H19ClFN/c19-16-9-8-14(10-17(16)20)18(21)11-13-6-3-5-12-4-1-2-7-15(12)13/h1-2,4,7-10,13,18H,3,5-6,11,21H2. The van der Waals surface area contributed by atoms with Gasteiger partial charge in [0.2, 0.25) is 0 Å². The summed E-state index contributed by atoms with van der Waals surface area (Å²) in [5, 5.41) is 0.147. The Balaban J connectivity index is 1.79. The van der Waals surface area contributed by atoms with E-state index in [4.69, 9.17) is 17.3 Å². The van der Waals surface area contributed by atoms with Crippen molar-refractivity contribution >= 4 is 11.6 Å². The summed E-state index contributed by atoms with van der Waals surface area (Å²) in [4.78, 5) is 0. The lowest BCUT2D eigenvalue weighted by Gasteiger charge is -2.28. The Labute approximate surface area is 129 Å². The largest absolute Gasteiger partial charge is 0.324 e. The zero-order chi connectivity index (χ0) is 14.8. The molecule has 0 amide bonds. The molecule has 3 heteroatoms. The molecule has 0 saturated heterocycles. The van der Waals surface area contributed by atoms with Gasteiger partial charge in [-0.1, -0.05) is 41.9 Å². The summed E-state index contributed by atoms with van der Waals surface area (Å²) in [6.45, 7) is 0. The molecule has 2 N–H and O–H groups in total. The first kappa shape index (κ1) is 14.6. The lowest BCUT2D eigenvalue weighted by atomic mass is 9.79. The summed E-state index contributed by atoms with van der Waals surface area (Å²) in [5.41, 5.74) is 9.96. The number of fused-ring (bicyclic) bond motifs is 1. The minimum absolute atomic E-state index is 0.147. The monoisotopic (exact) mass is 303 g/mol. The molecule has 1 nitrogen and oxygen atoms in total. The fourth-order valence-corrected chi connectivity index (χ4v) is 3.40. The van der Waals surface area contributed by atoms with E-state index in [-0.39, 0.29) is 11.1 Å². The number of rotatable bonds is 3. The van der Waals surface area contributed by atoms with E-state index < -0.39 is 5.82 Å². The Morgan fingerprint density at radius 2 is 2.05 bits per heavy atom. The van der Waals surface area contributed by atoms with Crippen LogP contribution in [0, 0.1) is 5.82 Å². The van der Waals surface area contributed by atoms with E-state index in [1.54, 1.807) is 6.07 Å². The number of hydrogen-bond acceptors (Lipinski definition) is 1. The molecule has 110 valence electrons. The third kappa shape index (κ3) is 3.12. The topological polar surface area (TPSA) is 26.0 Å². The molecule has 2 aromatic carbocycles. The molecule has 1 aliphatic rings. The molecule has 0 aliphatic heterocycles. The van der Waals surface area contributed by atoms with Crippen LogP contribution in [-0.2, 0) is 6.42 Å². The highest BCUT2D eigenvalue weighted by molar-refractivity contribution is 6.30. The van der Waals surface area contributed by atoms with E-state index in [2.05, 4.69) is 24.3 Å². The van der Waals surface area contributed by atoms with Crippen LogP contribution in [0.25, 0.3) is 0 Å². The van der Waals surface area contributed by atoms with Crippen LogP contribution in [0.3, 0.4) is 0 Å². The van der Waals surface area contributed by atoms with E-state index >= 15 is 0 Å². The molecule has 1 aliphatic carbocycles. The zero-order valence-corrected chi connectivity index (χ0v) is 12.6. The van der Waals surface area contributed by atoms with E-state index in [1.807, 2.05) is 6.07 Å². The van der Waals surface area contributed by atoms with Crippen molar-refractivity contribution in [2.24, 2.45) is 5.73 Å². The molecule has 3 rings (SSSR count). The van der Waals surface area contributed by atoms with Crippen molar-refractivity contribution in [3.8, 4) is 0 Å². The normalized spacial score (nSPS) is 19.1. The second-order valence-corrected chi connectivity index (χ2v) is 6.21. The first-order valence-electron chi connectivity index (χ1n) is 7.43. The van der Waals surface area contributed by atoms with Gasteiger partial charge in [-0.2, -0.15) is 0 Å². The number of nitrogens with two attached hydrogens (primary N) is 1. The maximum atomic E-state index is 13.6. The van der Waals surface area contributed by atoms with Crippen LogP contribution < -0.4 is 5.73 Å². The molecule has 0 aromatic heterocycles. The van der Waals surface area contributed by atoms with Crippen LogP contribution in [-0.4, -0.2) is 0 Å². The quantitative estimate of drug-likeness (QED) is 0.849. The number of halogens is 2. The van der Waals surface area contributed by atoms with Gasteiger partial charge in [-0.05, 0) is 60.4 Å². The Morgan fingerprint density at radius 1 is 1.24 bits per heavy atom. The lowest BCUT2D eigenvalue weighted by Crippen LogP contribution is -2.18. The van der Waals surface area contributed by atoms with Gasteiger partial charge >= 0.3 is 0 Å². The van der Waals surface area contributed by atoms with Gasteiger partial charge in [0, 0.05) is 6.04 Å². The minimum Gasteiger partial charge on any atom is -0.324 e. The molecular weight excluding hydrogens is 285 g/mol. The molecule has 0 heterocycles. The van der Waals surface area contributed by atoms with E-state index in [1.165, 1.54) is 23.6 Å². The van der Waals surface area contributed by atoms with Gasteiger partial charge in [-0.25, -0.2) is 4.39 Å². The molecule has 0 spiro atoms. The summed E-state index contributed by atoms with van der Waals surface area (Å²) >= 11 is 5.73. The Bertz CT molecular complexity index is 641. The molecule has 2 atom stereocenters. The maximum absolute atomic E-state index is 13.6. The van der Waals surface area contributed by atoms with Gasteiger partial charge < -0.3 is 5.73 Å². The summed E-state index contributed by atoms with van der Waals surface area (Å²) < 4.78 is 13.6. The average molecular weight is 304 g/mol. The fraction of sp³-hybridized carbons (Fsp3) is 0.333. The molecule has 0 fully saturated rings. The number of aryl methyl sites for hydroxylation is 1. The van der Waals surface area contributed by atoms with Crippen LogP contribution in [0.5, 0.6) is 0 Å². The third-order valence-corrected chi connectivity index (χ3v) is 4.71. The van der Waals surface area contributed by atoms with Crippen LogP contribution in [0.2, 0.25) is 5.02 Å². The highest BCUT2D eigenvalue weighted by Crippen LogP contribution is 2.37. The first-order valence-corrected chi connectivity index (χ1v) is 7.81. The van der Waals surface area contributed by atoms with Crippen molar-refractivity contribution in [1.29, 1.82) is 0 Å². The van der Waals surface area contributed by atoms with Crippen molar-refractivity contribution in [3.05, 3.63) is 70.0 Å². The lowest BCUT2D eigenvalue weighted by molar-refractivity contribution is 0.475. The Kier molecular flexibility index (Phi) is 4.27. The first-order chi connectivity index (χ1) is 10.1. The third-order valence-electron chi connectivity index (χ3n) is 4.40. The fourth-order valence-electron chi connectivity index (χ4n) is 3.28. The summed E-state index contributed by atoms with van der Waals surface area (Å²) in [7, 11) is 0. The van der Waals surface area contributed by atoms with Gasteiger partial charge in [0.25, 0.3) is 0 Å². The Hall–Kier alpha value is -1.38. The van der Waals surface area contributed by atoms with Crippen molar-refractivity contribution in [2.75, 3.05) is 0 Å². The van der Waals surface area contributed by atoms with Crippen molar-refractivity contribution < 1.29 is 4.39 Å². The average Bonchev–Trinajstić information content (AvgIpc) is 2.50. The van der Waals surface area contributed by atoms with Crippen molar-refractivity contribution in [1.82, 2.24) is 0 Å². The highest BCUT2D eigenvalue weighted by atomic mass is 35.5. The second kappa shape index (κ2) is 6.17. The summed E-state index contributed by atoms with van der Waals surface area (Å²) in [6, 6.07) is 13.3. The van der Waals surface area contributed by atoms with Gasteiger partial charge in [0.05, 0.1) is 5.02 Å². The molecule has 0 radical (unpaired) electrons. The summed E-state index contributed by atoms with van der Waals surface area (Å²) in [6.07, 6.45) is 4.35. The molecule has 2 aromatic rings. The maximum Gasteiger partial charge on any atom is 0.142 e. The van der Waals surface area contributed by atoms with Crippen LogP contribution in [0.4, 0.5) is 4.39 Å². The van der Waals surface area contributed by atoms with Crippen LogP contribution in [0.15, 0.2) is 42.5 Å². The zero-order valence-electron chi connectivity index (χ0n) is 11.9. The van der Waals surface area contributed by atoms with Gasteiger partial charge in [-0.15, -0.1) is 0 Å². The molecule has 2 unspecified atom stereocenters. The van der Waals surface area contributed by atoms with Crippen molar-refractivity contribution in [2.45, 2.75) is 37.6 Å². The predicted octanol–water partition coefficient (Wildman–Crippen LogP) is 4.99. The second-order valence-electron chi connectivity index (χ2n) is 5.80. The van der Waals surface area contributed by atoms with Gasteiger partial charge in [0.1, 0.15) is 5.82 Å².